The Morgan fingerprint density at radius 2 is 1.76 bits per heavy atom. The van der Waals surface area contributed by atoms with Crippen LogP contribution in [0.25, 0.3) is 0 Å². The van der Waals surface area contributed by atoms with Crippen LogP contribution in [-0.4, -0.2) is 40.1 Å². The number of nitrogens with zero attached hydrogens (tertiary/aromatic N) is 3. The average molecular weight is 402 g/mol. The minimum Gasteiger partial charge on any atom is -0.443 e. The first kappa shape index (κ1) is 21.6. The lowest BCUT2D eigenvalue weighted by Crippen LogP contribution is -2.45. The van der Waals surface area contributed by atoms with Gasteiger partial charge in [0.2, 0.25) is 5.91 Å². The largest absolute Gasteiger partial charge is 0.443 e. The maximum Gasteiger partial charge on any atom is 0.416 e. The predicted octanol–water partition coefficient (Wildman–Crippen LogP) is 5.23. The number of likely N-dealkylation sites (tertiary alicyclic amines) is 1. The van der Waals surface area contributed by atoms with Crippen LogP contribution in [0.1, 0.15) is 90.7 Å². The van der Waals surface area contributed by atoms with Crippen molar-refractivity contribution in [3.8, 4) is 0 Å². The Balaban J connectivity index is 1.84. The van der Waals surface area contributed by atoms with Gasteiger partial charge < -0.3 is 9.64 Å². The Kier molecular flexibility index (Phi) is 6.81. The summed E-state index contributed by atoms with van der Waals surface area (Å²) in [4.78, 5) is 33.4. The normalized spacial score (nSPS) is 21.0. The van der Waals surface area contributed by atoms with Gasteiger partial charge >= 0.3 is 6.09 Å². The van der Waals surface area contributed by atoms with E-state index < -0.39 is 5.60 Å². The van der Waals surface area contributed by atoms with Crippen molar-refractivity contribution in [1.29, 1.82) is 0 Å². The zero-order chi connectivity index (χ0) is 21.0. The summed E-state index contributed by atoms with van der Waals surface area (Å²) in [6, 6.07) is 4.14. The summed E-state index contributed by atoms with van der Waals surface area (Å²) in [7, 11) is 0. The van der Waals surface area contributed by atoms with Crippen molar-refractivity contribution < 1.29 is 14.3 Å². The number of aromatic nitrogens is 1. The number of carbonyl (C=O) groups is 2. The zero-order valence-electron chi connectivity index (χ0n) is 18.3. The van der Waals surface area contributed by atoms with E-state index in [1.807, 2.05) is 44.0 Å². The molecule has 1 saturated heterocycles. The van der Waals surface area contributed by atoms with Gasteiger partial charge in [0.25, 0.3) is 0 Å². The number of pyridine rings is 1. The highest BCUT2D eigenvalue weighted by atomic mass is 16.6. The van der Waals surface area contributed by atoms with Gasteiger partial charge in [0, 0.05) is 25.7 Å². The highest BCUT2D eigenvalue weighted by Gasteiger charge is 2.32. The summed E-state index contributed by atoms with van der Waals surface area (Å²) in [5.74, 6) is 0.747. The second-order valence-corrected chi connectivity index (χ2v) is 9.32. The molecule has 1 saturated carbocycles. The minimum absolute atomic E-state index is 0.0763. The van der Waals surface area contributed by atoms with Gasteiger partial charge in [-0.15, -0.1) is 0 Å². The standard InChI is InChI=1S/C23H35N3O3/c1-17(27)25-15-9-8-12-20(25)18-13-14-21(24-16-18)26(19-10-6-5-7-11-19)22(28)29-23(2,3)4/h13-14,16,19-20H,5-12,15H2,1-4H3. The first-order valence-electron chi connectivity index (χ1n) is 11.0. The molecule has 2 heterocycles. The summed E-state index contributed by atoms with van der Waals surface area (Å²) < 4.78 is 5.70. The van der Waals surface area contributed by atoms with E-state index in [-0.39, 0.29) is 24.1 Å². The van der Waals surface area contributed by atoms with Crippen LogP contribution in [0.15, 0.2) is 18.3 Å². The summed E-state index contributed by atoms with van der Waals surface area (Å²) in [6.07, 6.45) is 10.0. The number of piperidine rings is 1. The lowest BCUT2D eigenvalue weighted by atomic mass is 9.94. The van der Waals surface area contributed by atoms with Gasteiger partial charge in [0.15, 0.2) is 0 Å². The Hall–Kier alpha value is -2.11. The molecular formula is C23H35N3O3. The van der Waals surface area contributed by atoms with Crippen LogP contribution in [0.5, 0.6) is 0 Å². The topological polar surface area (TPSA) is 62.7 Å². The van der Waals surface area contributed by atoms with Crippen LogP contribution in [0.4, 0.5) is 10.6 Å². The molecule has 1 aromatic rings. The SMILES string of the molecule is CC(=O)N1CCCCC1c1ccc(N(C(=O)OC(C)(C)C)C2CCCCC2)nc1. The van der Waals surface area contributed by atoms with E-state index in [4.69, 9.17) is 4.74 Å². The zero-order valence-corrected chi connectivity index (χ0v) is 18.3. The maximum atomic E-state index is 13.0. The molecule has 0 spiro atoms. The second-order valence-electron chi connectivity index (χ2n) is 9.32. The van der Waals surface area contributed by atoms with E-state index in [1.54, 1.807) is 11.8 Å². The van der Waals surface area contributed by atoms with E-state index in [0.29, 0.717) is 5.82 Å². The van der Waals surface area contributed by atoms with Crippen molar-refractivity contribution >= 4 is 17.8 Å². The number of hydrogen-bond acceptors (Lipinski definition) is 4. The van der Waals surface area contributed by atoms with Crippen LogP contribution in [0.3, 0.4) is 0 Å². The Morgan fingerprint density at radius 3 is 2.34 bits per heavy atom. The van der Waals surface area contributed by atoms with Gasteiger partial charge in [-0.05, 0) is 64.5 Å². The molecule has 2 fully saturated rings. The number of amides is 2. The first-order valence-corrected chi connectivity index (χ1v) is 11.0. The molecule has 0 aromatic carbocycles. The van der Waals surface area contributed by atoms with Crippen LogP contribution in [0.2, 0.25) is 0 Å². The maximum absolute atomic E-state index is 13.0. The molecule has 1 atom stereocenters. The fourth-order valence-corrected chi connectivity index (χ4v) is 4.47. The molecule has 1 aromatic heterocycles. The lowest BCUT2D eigenvalue weighted by molar-refractivity contribution is -0.132. The van der Waals surface area contributed by atoms with E-state index >= 15 is 0 Å². The number of rotatable bonds is 3. The summed E-state index contributed by atoms with van der Waals surface area (Å²) in [5.41, 5.74) is 0.491. The van der Waals surface area contributed by atoms with Gasteiger partial charge in [-0.25, -0.2) is 9.78 Å². The number of anilines is 1. The van der Waals surface area contributed by atoms with Crippen molar-refractivity contribution in [1.82, 2.24) is 9.88 Å². The third-order valence-electron chi connectivity index (χ3n) is 5.84. The quantitative estimate of drug-likeness (QED) is 0.696. The predicted molar refractivity (Wildman–Crippen MR) is 114 cm³/mol. The third kappa shape index (κ3) is 5.49. The molecule has 3 rings (SSSR count). The van der Waals surface area contributed by atoms with Gasteiger partial charge in [0.1, 0.15) is 11.4 Å². The van der Waals surface area contributed by atoms with Crippen LogP contribution < -0.4 is 4.90 Å². The molecule has 0 bridgehead atoms. The summed E-state index contributed by atoms with van der Waals surface area (Å²) in [6.45, 7) is 8.10. The fourth-order valence-electron chi connectivity index (χ4n) is 4.47. The smallest absolute Gasteiger partial charge is 0.416 e. The number of ether oxygens (including phenoxy) is 1. The van der Waals surface area contributed by atoms with Crippen molar-refractivity contribution in [2.24, 2.45) is 0 Å². The molecule has 1 aliphatic carbocycles. The van der Waals surface area contributed by atoms with Crippen LogP contribution in [0, 0.1) is 0 Å². The van der Waals surface area contributed by atoms with Gasteiger partial charge in [-0.1, -0.05) is 25.3 Å². The van der Waals surface area contributed by atoms with Crippen LogP contribution in [-0.2, 0) is 9.53 Å². The molecule has 2 amide bonds. The van der Waals surface area contributed by atoms with Gasteiger partial charge in [0.05, 0.1) is 6.04 Å². The second kappa shape index (κ2) is 9.14. The highest BCUT2D eigenvalue weighted by molar-refractivity contribution is 5.87. The number of carbonyl (C=O) groups excluding carboxylic acids is 2. The fraction of sp³-hybridized carbons (Fsp3) is 0.696. The molecule has 6 nitrogen and oxygen atoms in total. The van der Waals surface area contributed by atoms with Crippen molar-refractivity contribution in [2.75, 3.05) is 11.4 Å². The molecule has 6 heteroatoms. The van der Waals surface area contributed by atoms with Gasteiger partial charge in [-0.3, -0.25) is 9.69 Å². The van der Waals surface area contributed by atoms with Crippen molar-refractivity contribution in [3.63, 3.8) is 0 Å². The molecule has 160 valence electrons. The van der Waals surface area contributed by atoms with E-state index in [2.05, 4.69) is 4.98 Å². The van der Waals surface area contributed by atoms with Crippen molar-refractivity contribution in [2.45, 2.75) is 96.7 Å². The van der Waals surface area contributed by atoms with E-state index in [1.165, 1.54) is 6.42 Å². The minimum atomic E-state index is -0.548. The van der Waals surface area contributed by atoms with E-state index in [0.717, 1.165) is 57.1 Å². The monoisotopic (exact) mass is 401 g/mol. The first-order chi connectivity index (χ1) is 13.8. The summed E-state index contributed by atoms with van der Waals surface area (Å²) >= 11 is 0. The van der Waals surface area contributed by atoms with Gasteiger partial charge in [-0.2, -0.15) is 0 Å². The highest BCUT2D eigenvalue weighted by Crippen LogP contribution is 2.33. The lowest BCUT2D eigenvalue weighted by Gasteiger charge is -2.36. The molecule has 0 radical (unpaired) electrons. The third-order valence-corrected chi connectivity index (χ3v) is 5.84. The Morgan fingerprint density at radius 1 is 1.07 bits per heavy atom. The van der Waals surface area contributed by atoms with E-state index in [9.17, 15) is 9.59 Å². The Bertz CT molecular complexity index is 705. The van der Waals surface area contributed by atoms with Crippen LogP contribution >= 0.6 is 0 Å². The average Bonchev–Trinajstić information content (AvgIpc) is 2.68. The summed E-state index contributed by atoms with van der Waals surface area (Å²) in [5, 5.41) is 0. The van der Waals surface area contributed by atoms with Crippen molar-refractivity contribution in [3.05, 3.63) is 23.9 Å². The molecular weight excluding hydrogens is 366 g/mol. The molecule has 29 heavy (non-hydrogen) atoms. The molecule has 2 aliphatic rings. The Labute approximate surface area is 174 Å². The number of hydrogen-bond donors (Lipinski definition) is 0. The molecule has 0 N–H and O–H groups in total. The molecule has 1 aliphatic heterocycles. The molecule has 1 unspecified atom stereocenters.